The summed E-state index contributed by atoms with van der Waals surface area (Å²) in [5, 5.41) is 4.06. The molecule has 0 bridgehead atoms. The van der Waals surface area contributed by atoms with Crippen LogP contribution in [0.1, 0.15) is 21.6 Å². The molecule has 0 spiro atoms. The minimum atomic E-state index is -0.0832. The van der Waals surface area contributed by atoms with E-state index >= 15 is 0 Å². The second-order valence-corrected chi connectivity index (χ2v) is 9.26. The number of likely N-dealkylation sites (N-methyl/N-ethyl adjacent to an activating group) is 1. The molecule has 1 saturated heterocycles. The number of carbonyl (C=O) groups excluding carboxylic acids is 1. The fourth-order valence-electron chi connectivity index (χ4n) is 3.50. The number of halogens is 1. The van der Waals surface area contributed by atoms with Crippen LogP contribution in [0.25, 0.3) is 0 Å². The van der Waals surface area contributed by atoms with Crippen molar-refractivity contribution in [1.29, 1.82) is 0 Å². The van der Waals surface area contributed by atoms with E-state index in [4.69, 9.17) is 16.6 Å². The van der Waals surface area contributed by atoms with Gasteiger partial charge in [0, 0.05) is 68.4 Å². The number of aromatic nitrogens is 3. The lowest BCUT2D eigenvalue weighted by atomic mass is 10.1. The molecule has 1 amide bonds. The second-order valence-electron chi connectivity index (χ2n) is 7.93. The molecule has 0 saturated carbocycles. The Kier molecular flexibility index (Phi) is 8.15. The van der Waals surface area contributed by atoms with Crippen molar-refractivity contribution < 1.29 is 4.79 Å². The number of hydrogen-bond acceptors (Lipinski definition) is 7. The predicted octanol–water partition coefficient (Wildman–Crippen LogP) is 3.54. The fraction of sp³-hybridized carbons (Fsp3) is 0.333. The Bertz CT molecular complexity index is 1060. The van der Waals surface area contributed by atoms with Gasteiger partial charge in [-0.1, -0.05) is 41.6 Å². The molecule has 0 atom stereocenters. The van der Waals surface area contributed by atoms with Crippen molar-refractivity contribution in [2.45, 2.75) is 17.3 Å². The third-order valence-corrected chi connectivity index (χ3v) is 6.58. The Labute approximate surface area is 203 Å². The van der Waals surface area contributed by atoms with Crippen LogP contribution < -0.4 is 10.2 Å². The maximum absolute atomic E-state index is 12.4. The lowest BCUT2D eigenvalue weighted by molar-refractivity contribution is 0.0954. The molecule has 1 aliphatic heterocycles. The monoisotopic (exact) mass is 482 g/mol. The topological polar surface area (TPSA) is 74.2 Å². The van der Waals surface area contributed by atoms with E-state index in [0.717, 1.165) is 43.3 Å². The van der Waals surface area contributed by atoms with E-state index in [1.165, 1.54) is 0 Å². The van der Waals surface area contributed by atoms with Crippen LogP contribution in [0.2, 0.25) is 5.15 Å². The van der Waals surface area contributed by atoms with Crippen LogP contribution in [-0.2, 0) is 12.2 Å². The van der Waals surface area contributed by atoms with E-state index in [9.17, 15) is 4.79 Å². The second kappa shape index (κ2) is 11.4. The molecule has 7 nitrogen and oxygen atoms in total. The molecule has 3 aromatic rings. The molecule has 0 radical (unpaired) electrons. The van der Waals surface area contributed by atoms with Crippen LogP contribution in [0.5, 0.6) is 0 Å². The Morgan fingerprint density at radius 2 is 1.88 bits per heavy atom. The zero-order chi connectivity index (χ0) is 23.0. The van der Waals surface area contributed by atoms with Gasteiger partial charge in [0.1, 0.15) is 11.0 Å². The number of piperazine rings is 1. The Morgan fingerprint density at radius 1 is 1.09 bits per heavy atom. The summed E-state index contributed by atoms with van der Waals surface area (Å²) in [7, 11) is 2.13. The summed E-state index contributed by atoms with van der Waals surface area (Å²) in [6.07, 6.45) is 2.46. The van der Waals surface area contributed by atoms with Crippen LogP contribution in [0, 0.1) is 0 Å². The van der Waals surface area contributed by atoms with Crippen LogP contribution in [0.15, 0.2) is 59.9 Å². The first kappa shape index (κ1) is 23.5. The summed E-state index contributed by atoms with van der Waals surface area (Å²) >= 11 is 7.81. The first-order chi connectivity index (χ1) is 16.1. The van der Waals surface area contributed by atoms with Crippen molar-refractivity contribution in [1.82, 2.24) is 25.2 Å². The Hall–Kier alpha value is -2.68. The first-order valence-corrected chi connectivity index (χ1v) is 12.3. The number of thioether (sulfide) groups is 1. The van der Waals surface area contributed by atoms with Gasteiger partial charge in [-0.2, -0.15) is 0 Å². The molecule has 2 aromatic heterocycles. The summed E-state index contributed by atoms with van der Waals surface area (Å²) < 4.78 is 0. The molecule has 172 valence electrons. The maximum Gasteiger partial charge on any atom is 0.251 e. The number of anilines is 1. The molecule has 1 N–H and O–H groups in total. The first-order valence-electron chi connectivity index (χ1n) is 10.9. The Balaban J connectivity index is 1.29. The van der Waals surface area contributed by atoms with Gasteiger partial charge in [0.25, 0.3) is 5.91 Å². The third-order valence-electron chi connectivity index (χ3n) is 5.47. The molecule has 4 rings (SSSR count). The van der Waals surface area contributed by atoms with Crippen molar-refractivity contribution in [3.05, 3.63) is 76.7 Å². The number of benzene rings is 1. The minimum Gasteiger partial charge on any atom is -0.354 e. The van der Waals surface area contributed by atoms with Crippen LogP contribution in [0.4, 0.5) is 5.82 Å². The summed E-state index contributed by atoms with van der Waals surface area (Å²) in [6.45, 7) is 4.42. The third kappa shape index (κ3) is 6.90. The SMILES string of the molecule is CN1CCN(c2cc(Cl)nc(SCc3ccc(C(=O)NCCc4ccccn4)cc3)n2)CC1. The average Bonchev–Trinajstić information content (AvgIpc) is 2.84. The van der Waals surface area contributed by atoms with Gasteiger partial charge >= 0.3 is 0 Å². The molecule has 1 aromatic carbocycles. The average molecular weight is 483 g/mol. The molecule has 9 heteroatoms. The lowest BCUT2D eigenvalue weighted by Crippen LogP contribution is -2.44. The standard InChI is InChI=1S/C24H27ClN6OS/c1-30-12-14-31(15-13-30)22-16-21(25)28-24(29-22)33-17-18-5-7-19(8-6-18)23(32)27-11-9-20-4-2-3-10-26-20/h2-8,10,16H,9,11-15,17H2,1H3,(H,27,32). The number of carbonyl (C=O) groups is 1. The van der Waals surface area contributed by atoms with Crippen LogP contribution >= 0.6 is 23.4 Å². The van der Waals surface area contributed by atoms with Crippen molar-refractivity contribution in [3.63, 3.8) is 0 Å². The highest BCUT2D eigenvalue weighted by atomic mass is 35.5. The van der Waals surface area contributed by atoms with Gasteiger partial charge in [0.05, 0.1) is 0 Å². The van der Waals surface area contributed by atoms with E-state index in [2.05, 4.69) is 32.1 Å². The maximum atomic E-state index is 12.4. The molecular formula is C24H27ClN6OS. The molecule has 0 aliphatic carbocycles. The number of nitrogens with one attached hydrogen (secondary N) is 1. The van der Waals surface area contributed by atoms with Gasteiger partial charge in [-0.25, -0.2) is 9.97 Å². The van der Waals surface area contributed by atoms with Crippen LogP contribution in [0.3, 0.4) is 0 Å². The fourth-order valence-corrected chi connectivity index (χ4v) is 4.54. The van der Waals surface area contributed by atoms with Gasteiger partial charge in [0.2, 0.25) is 0 Å². The lowest BCUT2D eigenvalue weighted by Gasteiger charge is -2.33. The van der Waals surface area contributed by atoms with Crippen molar-refractivity contribution >= 4 is 35.1 Å². The van der Waals surface area contributed by atoms with Gasteiger partial charge in [-0.05, 0) is 36.9 Å². The van der Waals surface area contributed by atoms with Gasteiger partial charge in [0.15, 0.2) is 5.16 Å². The zero-order valence-corrected chi connectivity index (χ0v) is 20.1. The number of amides is 1. The normalized spacial score (nSPS) is 14.3. The molecule has 0 unspecified atom stereocenters. The van der Waals surface area contributed by atoms with Gasteiger partial charge < -0.3 is 15.1 Å². The highest BCUT2D eigenvalue weighted by molar-refractivity contribution is 7.98. The zero-order valence-electron chi connectivity index (χ0n) is 18.6. The molecule has 1 aliphatic rings. The quantitative estimate of drug-likeness (QED) is 0.299. The molecule has 33 heavy (non-hydrogen) atoms. The largest absolute Gasteiger partial charge is 0.354 e. The number of rotatable bonds is 8. The predicted molar refractivity (Wildman–Crippen MR) is 133 cm³/mol. The van der Waals surface area contributed by atoms with Gasteiger partial charge in [-0.15, -0.1) is 0 Å². The van der Waals surface area contributed by atoms with E-state index < -0.39 is 0 Å². The van der Waals surface area contributed by atoms with Crippen molar-refractivity contribution in [2.24, 2.45) is 0 Å². The summed E-state index contributed by atoms with van der Waals surface area (Å²) in [6, 6.07) is 15.2. The van der Waals surface area contributed by atoms with Crippen LogP contribution in [-0.4, -0.2) is 65.5 Å². The highest BCUT2D eigenvalue weighted by Crippen LogP contribution is 2.25. The van der Waals surface area contributed by atoms with Crippen molar-refractivity contribution in [3.8, 4) is 0 Å². The number of hydrogen-bond donors (Lipinski definition) is 1. The molecule has 1 fully saturated rings. The number of pyridine rings is 1. The van der Waals surface area contributed by atoms with E-state index in [1.54, 1.807) is 18.0 Å². The van der Waals surface area contributed by atoms with E-state index in [1.807, 2.05) is 48.5 Å². The summed E-state index contributed by atoms with van der Waals surface area (Å²) in [5.41, 5.74) is 2.69. The Morgan fingerprint density at radius 3 is 2.61 bits per heavy atom. The number of nitrogens with zero attached hydrogens (tertiary/aromatic N) is 5. The molecular weight excluding hydrogens is 456 g/mol. The van der Waals surface area contributed by atoms with E-state index in [0.29, 0.717) is 34.6 Å². The summed E-state index contributed by atoms with van der Waals surface area (Å²) in [4.78, 5) is 30.3. The van der Waals surface area contributed by atoms with Crippen molar-refractivity contribution in [2.75, 3.05) is 44.7 Å². The highest BCUT2D eigenvalue weighted by Gasteiger charge is 2.17. The minimum absolute atomic E-state index is 0.0832. The molecule has 3 heterocycles. The smallest absolute Gasteiger partial charge is 0.251 e. The van der Waals surface area contributed by atoms with Gasteiger partial charge in [-0.3, -0.25) is 9.78 Å². The van der Waals surface area contributed by atoms with E-state index in [-0.39, 0.29) is 5.91 Å². The summed E-state index contributed by atoms with van der Waals surface area (Å²) in [5.74, 6) is 1.49.